The van der Waals surface area contributed by atoms with Crippen molar-refractivity contribution in [1.82, 2.24) is 4.90 Å². The van der Waals surface area contributed by atoms with Crippen LogP contribution in [0.2, 0.25) is 0 Å². The number of rotatable bonds is 7. The van der Waals surface area contributed by atoms with Crippen molar-refractivity contribution >= 4 is 5.91 Å². The highest BCUT2D eigenvalue weighted by molar-refractivity contribution is 5.76. The third kappa shape index (κ3) is 5.36. The summed E-state index contributed by atoms with van der Waals surface area (Å²) >= 11 is 0. The largest absolute Gasteiger partial charge is 0.492 e. The van der Waals surface area contributed by atoms with Crippen molar-refractivity contribution in [2.75, 3.05) is 13.2 Å². The van der Waals surface area contributed by atoms with Crippen LogP contribution in [-0.4, -0.2) is 30.0 Å². The van der Waals surface area contributed by atoms with E-state index < -0.39 is 0 Å². The van der Waals surface area contributed by atoms with Gasteiger partial charge in [0.15, 0.2) is 0 Å². The summed E-state index contributed by atoms with van der Waals surface area (Å²) in [7, 11) is 0. The van der Waals surface area contributed by atoms with Crippen LogP contribution in [0.4, 0.5) is 0 Å². The van der Waals surface area contributed by atoms with E-state index in [1.807, 2.05) is 30.3 Å². The van der Waals surface area contributed by atoms with Crippen LogP contribution in [0.1, 0.15) is 52.4 Å². The molecule has 0 saturated heterocycles. The molecule has 0 unspecified atom stereocenters. The Labute approximate surface area is 134 Å². The topological polar surface area (TPSA) is 29.5 Å². The fraction of sp³-hybridized carbons (Fsp3) is 0.632. The summed E-state index contributed by atoms with van der Waals surface area (Å²) in [5.41, 5.74) is 0. The van der Waals surface area contributed by atoms with Crippen molar-refractivity contribution in [3.8, 4) is 5.75 Å². The molecule has 0 spiro atoms. The van der Waals surface area contributed by atoms with Crippen molar-refractivity contribution in [3.05, 3.63) is 30.3 Å². The molecule has 2 rings (SSSR count). The maximum absolute atomic E-state index is 12.6. The van der Waals surface area contributed by atoms with Gasteiger partial charge in [0.1, 0.15) is 12.4 Å². The fourth-order valence-electron chi connectivity index (χ4n) is 3.15. The SMILES string of the molecule is CC(C)CC(=O)N(CCOc1ccccc1)C1CCCCC1. The predicted molar refractivity (Wildman–Crippen MR) is 90.0 cm³/mol. The summed E-state index contributed by atoms with van der Waals surface area (Å²) in [5.74, 6) is 1.58. The minimum absolute atomic E-state index is 0.290. The van der Waals surface area contributed by atoms with Crippen molar-refractivity contribution in [2.45, 2.75) is 58.4 Å². The van der Waals surface area contributed by atoms with Crippen LogP contribution >= 0.6 is 0 Å². The van der Waals surface area contributed by atoms with Crippen LogP contribution in [0.15, 0.2) is 30.3 Å². The highest BCUT2D eigenvalue weighted by atomic mass is 16.5. The van der Waals surface area contributed by atoms with Gasteiger partial charge in [-0.15, -0.1) is 0 Å². The Bertz CT molecular complexity index is 438. The smallest absolute Gasteiger partial charge is 0.223 e. The van der Waals surface area contributed by atoms with Crippen LogP contribution in [0.3, 0.4) is 0 Å². The number of carbonyl (C=O) groups is 1. The molecular formula is C19H29NO2. The number of hydrogen-bond donors (Lipinski definition) is 0. The first-order valence-corrected chi connectivity index (χ1v) is 8.64. The number of nitrogens with zero attached hydrogens (tertiary/aromatic N) is 1. The van der Waals surface area contributed by atoms with Gasteiger partial charge in [-0.2, -0.15) is 0 Å². The standard InChI is InChI=1S/C19H29NO2/c1-16(2)15-19(21)20(17-9-5-3-6-10-17)13-14-22-18-11-7-4-8-12-18/h4,7-8,11-12,16-17H,3,5-6,9-10,13-15H2,1-2H3. The zero-order valence-electron chi connectivity index (χ0n) is 14.0. The van der Waals surface area contributed by atoms with Crippen LogP contribution in [0.5, 0.6) is 5.75 Å². The van der Waals surface area contributed by atoms with E-state index in [0.29, 0.717) is 37.4 Å². The van der Waals surface area contributed by atoms with Crippen molar-refractivity contribution in [3.63, 3.8) is 0 Å². The first kappa shape index (κ1) is 16.9. The first-order valence-electron chi connectivity index (χ1n) is 8.64. The minimum Gasteiger partial charge on any atom is -0.492 e. The van der Waals surface area contributed by atoms with E-state index in [-0.39, 0.29) is 0 Å². The van der Waals surface area contributed by atoms with Gasteiger partial charge in [0.2, 0.25) is 5.91 Å². The lowest BCUT2D eigenvalue weighted by Gasteiger charge is -2.35. The van der Waals surface area contributed by atoms with Gasteiger partial charge >= 0.3 is 0 Å². The van der Waals surface area contributed by atoms with Gasteiger partial charge in [-0.05, 0) is 30.9 Å². The zero-order valence-corrected chi connectivity index (χ0v) is 14.0. The maximum atomic E-state index is 12.6. The number of carbonyl (C=O) groups excluding carboxylic acids is 1. The number of para-hydroxylation sites is 1. The molecule has 1 aliphatic carbocycles. The molecule has 1 aliphatic rings. The fourth-order valence-corrected chi connectivity index (χ4v) is 3.15. The number of amides is 1. The van der Waals surface area contributed by atoms with Crippen LogP contribution in [0, 0.1) is 5.92 Å². The Hall–Kier alpha value is -1.51. The first-order chi connectivity index (χ1) is 10.7. The molecule has 1 amide bonds. The highest BCUT2D eigenvalue weighted by Gasteiger charge is 2.25. The van der Waals surface area contributed by atoms with E-state index in [4.69, 9.17) is 4.74 Å². The molecule has 1 saturated carbocycles. The molecule has 0 bridgehead atoms. The summed E-state index contributed by atoms with van der Waals surface area (Å²) < 4.78 is 5.79. The molecule has 1 aromatic carbocycles. The van der Waals surface area contributed by atoms with E-state index >= 15 is 0 Å². The molecule has 3 heteroatoms. The van der Waals surface area contributed by atoms with Crippen LogP contribution in [-0.2, 0) is 4.79 Å². The Morgan fingerprint density at radius 3 is 2.50 bits per heavy atom. The zero-order chi connectivity index (χ0) is 15.8. The van der Waals surface area contributed by atoms with E-state index in [1.54, 1.807) is 0 Å². The van der Waals surface area contributed by atoms with E-state index in [0.717, 1.165) is 18.6 Å². The minimum atomic E-state index is 0.290. The van der Waals surface area contributed by atoms with Gasteiger partial charge in [-0.3, -0.25) is 4.79 Å². The molecule has 0 atom stereocenters. The van der Waals surface area contributed by atoms with Crippen LogP contribution < -0.4 is 4.74 Å². The van der Waals surface area contributed by atoms with Gasteiger partial charge in [-0.1, -0.05) is 51.3 Å². The quantitative estimate of drug-likeness (QED) is 0.752. The third-order valence-corrected chi connectivity index (χ3v) is 4.26. The van der Waals surface area contributed by atoms with Gasteiger partial charge in [0.25, 0.3) is 0 Å². The molecule has 1 aromatic rings. The van der Waals surface area contributed by atoms with Crippen molar-refractivity contribution < 1.29 is 9.53 Å². The molecular weight excluding hydrogens is 274 g/mol. The van der Waals surface area contributed by atoms with Gasteiger partial charge in [0.05, 0.1) is 6.54 Å². The van der Waals surface area contributed by atoms with E-state index in [9.17, 15) is 4.79 Å². The summed E-state index contributed by atoms with van der Waals surface area (Å²) in [6.07, 6.45) is 6.74. The van der Waals surface area contributed by atoms with Gasteiger partial charge in [0, 0.05) is 12.5 Å². The van der Waals surface area contributed by atoms with Crippen molar-refractivity contribution in [2.24, 2.45) is 5.92 Å². The maximum Gasteiger partial charge on any atom is 0.223 e. The number of benzene rings is 1. The molecule has 0 aromatic heterocycles. The predicted octanol–water partition coefficient (Wildman–Crippen LogP) is 4.27. The van der Waals surface area contributed by atoms with Crippen LogP contribution in [0.25, 0.3) is 0 Å². The molecule has 0 aliphatic heterocycles. The average molecular weight is 303 g/mol. The Morgan fingerprint density at radius 1 is 1.18 bits per heavy atom. The Morgan fingerprint density at radius 2 is 1.86 bits per heavy atom. The second-order valence-electron chi connectivity index (χ2n) is 6.64. The van der Waals surface area contributed by atoms with Crippen molar-refractivity contribution in [1.29, 1.82) is 0 Å². The molecule has 1 fully saturated rings. The molecule has 122 valence electrons. The normalized spacial score (nSPS) is 15.8. The molecule has 3 nitrogen and oxygen atoms in total. The lowest BCUT2D eigenvalue weighted by atomic mass is 9.93. The molecule has 0 heterocycles. The summed E-state index contributed by atoms with van der Waals surface area (Å²) in [6, 6.07) is 10.3. The lowest BCUT2D eigenvalue weighted by molar-refractivity contribution is -0.135. The monoisotopic (exact) mass is 303 g/mol. The molecule has 0 N–H and O–H groups in total. The summed E-state index contributed by atoms with van der Waals surface area (Å²) in [4.78, 5) is 14.7. The van der Waals surface area contributed by atoms with E-state index in [1.165, 1.54) is 19.3 Å². The third-order valence-electron chi connectivity index (χ3n) is 4.26. The summed E-state index contributed by atoms with van der Waals surface area (Å²) in [6.45, 7) is 5.49. The van der Waals surface area contributed by atoms with E-state index in [2.05, 4.69) is 18.7 Å². The number of hydrogen-bond acceptors (Lipinski definition) is 2. The molecule has 0 radical (unpaired) electrons. The summed E-state index contributed by atoms with van der Waals surface area (Å²) in [5, 5.41) is 0. The Balaban J connectivity index is 1.90. The average Bonchev–Trinajstić information content (AvgIpc) is 2.52. The second kappa shape index (κ2) is 8.82. The van der Waals surface area contributed by atoms with Gasteiger partial charge < -0.3 is 9.64 Å². The Kier molecular flexibility index (Phi) is 6.75. The lowest BCUT2D eigenvalue weighted by Crippen LogP contribution is -2.44. The number of ether oxygens (including phenoxy) is 1. The highest BCUT2D eigenvalue weighted by Crippen LogP contribution is 2.24. The molecule has 22 heavy (non-hydrogen) atoms. The van der Waals surface area contributed by atoms with Gasteiger partial charge in [-0.25, -0.2) is 0 Å². The second-order valence-corrected chi connectivity index (χ2v) is 6.64.